The highest BCUT2D eigenvalue weighted by Crippen LogP contribution is 2.02. The Bertz CT molecular complexity index is 315. The van der Waals surface area contributed by atoms with Gasteiger partial charge in [-0.05, 0) is 26.1 Å². The van der Waals surface area contributed by atoms with Crippen molar-refractivity contribution in [1.82, 2.24) is 5.32 Å². The van der Waals surface area contributed by atoms with Gasteiger partial charge in [-0.1, -0.05) is 26.1 Å². The third kappa shape index (κ3) is 3.98. The molecule has 0 amide bonds. The maximum absolute atomic E-state index is 10.9. The molecule has 0 radical (unpaired) electrons. The van der Waals surface area contributed by atoms with Crippen LogP contribution in [0.25, 0.3) is 0 Å². The molecule has 0 fully saturated rings. The van der Waals surface area contributed by atoms with E-state index in [-0.39, 0.29) is 5.43 Å². The van der Waals surface area contributed by atoms with Gasteiger partial charge in [0.2, 0.25) is 5.43 Å². The Morgan fingerprint density at radius 3 is 2.43 bits per heavy atom. The lowest BCUT2D eigenvalue weighted by Crippen LogP contribution is -2.19. The summed E-state index contributed by atoms with van der Waals surface area (Å²) in [7, 11) is 1.91. The molecule has 1 aromatic rings. The van der Waals surface area contributed by atoms with Gasteiger partial charge in [-0.15, -0.1) is 0 Å². The van der Waals surface area contributed by atoms with E-state index in [9.17, 15) is 4.79 Å². The van der Waals surface area contributed by atoms with Gasteiger partial charge in [-0.2, -0.15) is 0 Å². The molecule has 0 aromatic heterocycles. The normalized spacial score (nSPS) is 9.36. The molecule has 0 atom stereocenters. The summed E-state index contributed by atoms with van der Waals surface area (Å²) < 4.78 is 0.436. The third-order valence-electron chi connectivity index (χ3n) is 1.66. The minimum Gasteiger partial charge on any atom is -0.382 e. The summed E-state index contributed by atoms with van der Waals surface area (Å²) in [6, 6.07) is 1.71. The van der Waals surface area contributed by atoms with Crippen molar-refractivity contribution in [3.05, 3.63) is 20.8 Å². The highest BCUT2D eigenvalue weighted by atomic mass is 32.1. The quantitative estimate of drug-likeness (QED) is 0.578. The molecular formula is C10H18N2OS. The van der Waals surface area contributed by atoms with E-state index in [4.69, 9.17) is 12.2 Å². The fourth-order valence-electron chi connectivity index (χ4n) is 0.937. The first-order valence-electron chi connectivity index (χ1n) is 4.94. The molecule has 2 N–H and O–H groups in total. The van der Waals surface area contributed by atoms with Crippen LogP contribution in [0.4, 0.5) is 5.69 Å². The van der Waals surface area contributed by atoms with E-state index < -0.39 is 0 Å². The Labute approximate surface area is 90.2 Å². The SMILES string of the molecule is CC.CNCCCNc1cc(=S)c1=O. The Morgan fingerprint density at radius 1 is 1.36 bits per heavy atom. The second-order valence-electron chi connectivity index (χ2n) is 2.64. The average Bonchev–Trinajstić information content (AvgIpc) is 2.25. The number of hydrogen-bond donors (Lipinski definition) is 2. The second kappa shape index (κ2) is 7.64. The van der Waals surface area contributed by atoms with E-state index >= 15 is 0 Å². The molecule has 80 valence electrons. The topological polar surface area (TPSA) is 41.1 Å². The standard InChI is InChI=1S/C8H12N2OS.C2H6/c1-9-3-2-4-10-6-5-7(12)8(6)11;1-2/h5,9-10H,2-4H2,1H3;1-2H3. The zero-order chi connectivity index (χ0) is 11.0. The molecule has 1 rings (SSSR count). The zero-order valence-electron chi connectivity index (χ0n) is 9.02. The molecule has 3 nitrogen and oxygen atoms in total. The summed E-state index contributed by atoms with van der Waals surface area (Å²) in [4.78, 5) is 10.9. The van der Waals surface area contributed by atoms with Crippen molar-refractivity contribution in [1.29, 1.82) is 0 Å². The van der Waals surface area contributed by atoms with Crippen LogP contribution in [0, 0.1) is 4.51 Å². The Balaban J connectivity index is 0.000000791. The molecule has 0 unspecified atom stereocenters. The smallest absolute Gasteiger partial charge is 0.219 e. The van der Waals surface area contributed by atoms with E-state index in [2.05, 4.69) is 10.6 Å². The first-order chi connectivity index (χ1) is 6.75. The van der Waals surface area contributed by atoms with Gasteiger partial charge in [0.05, 0.1) is 10.2 Å². The fourth-order valence-corrected chi connectivity index (χ4v) is 1.16. The summed E-state index contributed by atoms with van der Waals surface area (Å²) in [5.74, 6) is 0. The van der Waals surface area contributed by atoms with Crippen molar-refractivity contribution >= 4 is 17.9 Å². The lowest BCUT2D eigenvalue weighted by molar-refractivity contribution is 0.747. The van der Waals surface area contributed by atoms with E-state index in [0.29, 0.717) is 10.2 Å². The van der Waals surface area contributed by atoms with Crippen molar-refractivity contribution in [3.63, 3.8) is 0 Å². The summed E-state index contributed by atoms with van der Waals surface area (Å²) in [6.07, 6.45) is 1.01. The van der Waals surface area contributed by atoms with Crippen LogP contribution in [0.1, 0.15) is 20.3 Å². The summed E-state index contributed by atoms with van der Waals surface area (Å²) >= 11 is 4.71. The van der Waals surface area contributed by atoms with Gasteiger partial charge < -0.3 is 10.6 Å². The van der Waals surface area contributed by atoms with E-state index in [1.807, 2.05) is 20.9 Å². The van der Waals surface area contributed by atoms with Gasteiger partial charge >= 0.3 is 0 Å². The van der Waals surface area contributed by atoms with Gasteiger partial charge in [0.25, 0.3) is 0 Å². The lowest BCUT2D eigenvalue weighted by Gasteiger charge is -2.06. The van der Waals surface area contributed by atoms with E-state index in [1.165, 1.54) is 0 Å². The molecule has 0 aliphatic rings. The minimum atomic E-state index is -0.0190. The van der Waals surface area contributed by atoms with E-state index in [0.717, 1.165) is 19.5 Å². The van der Waals surface area contributed by atoms with Gasteiger partial charge in [0.15, 0.2) is 0 Å². The van der Waals surface area contributed by atoms with Crippen molar-refractivity contribution in [2.75, 3.05) is 25.5 Å². The molecule has 0 aliphatic heterocycles. The summed E-state index contributed by atoms with van der Waals surface area (Å²) in [5, 5.41) is 6.05. The first-order valence-corrected chi connectivity index (χ1v) is 5.35. The molecular weight excluding hydrogens is 196 g/mol. The predicted octanol–water partition coefficient (Wildman–Crippen LogP) is 1.70. The van der Waals surface area contributed by atoms with Crippen LogP contribution in [0.5, 0.6) is 0 Å². The monoisotopic (exact) mass is 214 g/mol. The van der Waals surface area contributed by atoms with Crippen LogP contribution in [0.3, 0.4) is 0 Å². The number of hydrogen-bond acceptors (Lipinski definition) is 4. The van der Waals surface area contributed by atoms with Crippen LogP contribution >= 0.6 is 12.2 Å². The van der Waals surface area contributed by atoms with Crippen molar-refractivity contribution in [2.24, 2.45) is 0 Å². The molecule has 0 spiro atoms. The molecule has 4 heteroatoms. The summed E-state index contributed by atoms with van der Waals surface area (Å²) in [5.41, 5.74) is 0.644. The van der Waals surface area contributed by atoms with Crippen LogP contribution in [0.15, 0.2) is 10.9 Å². The molecule has 0 heterocycles. The molecule has 1 aromatic carbocycles. The summed E-state index contributed by atoms with van der Waals surface area (Å²) in [6.45, 7) is 5.78. The first kappa shape index (κ1) is 13.3. The van der Waals surface area contributed by atoms with Gasteiger partial charge in [-0.3, -0.25) is 4.79 Å². The maximum atomic E-state index is 10.9. The largest absolute Gasteiger partial charge is 0.382 e. The molecule has 14 heavy (non-hydrogen) atoms. The second-order valence-corrected chi connectivity index (χ2v) is 3.08. The van der Waals surface area contributed by atoms with Crippen LogP contribution in [0.2, 0.25) is 0 Å². The Kier molecular flexibility index (Phi) is 7.24. The van der Waals surface area contributed by atoms with Gasteiger partial charge in [-0.25, -0.2) is 0 Å². The van der Waals surface area contributed by atoms with E-state index in [1.54, 1.807) is 6.07 Å². The zero-order valence-corrected chi connectivity index (χ0v) is 9.83. The Hall–Kier alpha value is -0.740. The minimum absolute atomic E-state index is 0.0190. The number of rotatable bonds is 5. The van der Waals surface area contributed by atoms with Crippen molar-refractivity contribution < 1.29 is 0 Å². The van der Waals surface area contributed by atoms with Crippen LogP contribution in [-0.2, 0) is 0 Å². The number of nitrogens with one attached hydrogen (secondary N) is 2. The lowest BCUT2D eigenvalue weighted by atomic mass is 10.2. The average molecular weight is 214 g/mol. The van der Waals surface area contributed by atoms with Crippen LogP contribution < -0.4 is 16.1 Å². The Morgan fingerprint density at radius 2 is 2.00 bits per heavy atom. The molecule has 0 saturated carbocycles. The van der Waals surface area contributed by atoms with Gasteiger partial charge in [0, 0.05) is 6.54 Å². The third-order valence-corrected chi connectivity index (χ3v) is 1.97. The molecule has 0 saturated heterocycles. The highest BCUT2D eigenvalue weighted by Gasteiger charge is 2.03. The molecule has 0 aliphatic carbocycles. The molecule has 0 bridgehead atoms. The van der Waals surface area contributed by atoms with Crippen molar-refractivity contribution in [2.45, 2.75) is 20.3 Å². The predicted molar refractivity (Wildman–Crippen MR) is 64.3 cm³/mol. The number of anilines is 1. The van der Waals surface area contributed by atoms with Crippen LogP contribution in [-0.4, -0.2) is 20.1 Å². The maximum Gasteiger partial charge on any atom is 0.219 e. The van der Waals surface area contributed by atoms with Crippen molar-refractivity contribution in [3.8, 4) is 0 Å². The fraction of sp³-hybridized carbons (Fsp3) is 0.600. The van der Waals surface area contributed by atoms with Gasteiger partial charge in [0.1, 0.15) is 0 Å². The highest BCUT2D eigenvalue weighted by molar-refractivity contribution is 7.71.